The van der Waals surface area contributed by atoms with Gasteiger partial charge in [0.15, 0.2) is 0 Å². The van der Waals surface area contributed by atoms with Crippen LogP contribution in [-0.2, 0) is 0 Å². The molecule has 0 unspecified atom stereocenters. The Morgan fingerprint density at radius 3 is 2.42 bits per heavy atom. The van der Waals surface area contributed by atoms with Crippen LogP contribution in [0, 0.1) is 0 Å². The summed E-state index contributed by atoms with van der Waals surface area (Å²) in [5, 5.41) is 17.4. The van der Waals surface area contributed by atoms with Crippen molar-refractivity contribution in [1.82, 2.24) is 0 Å². The number of halogens is 1. The van der Waals surface area contributed by atoms with Crippen LogP contribution in [0.1, 0.15) is 10.4 Å². The molecule has 0 heterocycles. The lowest BCUT2D eigenvalue weighted by atomic mass is 10.2. The first-order valence-corrected chi connectivity index (χ1v) is 2.93. The lowest BCUT2D eigenvalue weighted by molar-refractivity contribution is 0.0694. The zero-order chi connectivity index (χ0) is 8.43. The highest BCUT2D eigenvalue weighted by Crippen LogP contribution is 2.18. The quantitative estimate of drug-likeness (QED) is 0.456. The molecule has 12 heavy (non-hydrogen) atoms. The van der Waals surface area contributed by atoms with Crippen molar-refractivity contribution < 1.29 is 15.0 Å². The molecule has 0 aliphatic carbocycles. The molecule has 0 saturated carbocycles. The van der Waals surface area contributed by atoms with Crippen molar-refractivity contribution in [1.29, 1.82) is 0 Å². The number of carboxylic acid groups (broad SMARTS) is 1. The molecule has 0 saturated heterocycles. The Bertz CT molecular complexity index is 301. The molecule has 1 aromatic rings. The first-order chi connectivity index (χ1) is 5.11. The fourth-order valence-electron chi connectivity index (χ4n) is 0.725. The minimum atomic E-state index is -1.19. The Kier molecular flexibility index (Phi) is 3.37. The van der Waals surface area contributed by atoms with E-state index in [-0.39, 0.29) is 23.7 Å². The first-order valence-electron chi connectivity index (χ1n) is 2.93. The summed E-state index contributed by atoms with van der Waals surface area (Å²) in [6.45, 7) is 0. The van der Waals surface area contributed by atoms with Crippen LogP contribution in [0.5, 0.6) is 5.75 Å². The predicted molar refractivity (Wildman–Crippen MR) is 46.7 cm³/mol. The zero-order valence-electron chi connectivity index (χ0n) is 6.02. The highest BCUT2D eigenvalue weighted by atomic mass is 35.5. The molecule has 0 radical (unpaired) electrons. The first kappa shape index (κ1) is 10.6. The van der Waals surface area contributed by atoms with Gasteiger partial charge in [-0.2, -0.15) is 0 Å². The van der Waals surface area contributed by atoms with E-state index in [4.69, 9.17) is 15.9 Å². The van der Waals surface area contributed by atoms with Crippen LogP contribution in [-0.4, -0.2) is 16.2 Å². The minimum absolute atomic E-state index is 0. The van der Waals surface area contributed by atoms with Crippen LogP contribution in [0.4, 0.5) is 5.69 Å². The Balaban J connectivity index is 0.00000121. The highest BCUT2D eigenvalue weighted by molar-refractivity contribution is 5.91. The molecule has 0 fully saturated rings. The number of benzene rings is 1. The number of hydrogen-bond donors (Lipinski definition) is 3. The summed E-state index contributed by atoms with van der Waals surface area (Å²) in [6.07, 6.45) is 0. The molecular weight excluding hydrogens is 182 g/mol. The number of carboxylic acids is 1. The lowest BCUT2D eigenvalue weighted by Crippen LogP contribution is -1.97. The Morgan fingerprint density at radius 2 is 2.00 bits per heavy atom. The molecule has 66 valence electrons. The second-order valence-electron chi connectivity index (χ2n) is 2.08. The number of nitrogen functional groups attached to an aromatic ring is 1. The van der Waals surface area contributed by atoms with Gasteiger partial charge in [-0.3, -0.25) is 0 Å². The molecule has 4 N–H and O–H groups in total. The van der Waals surface area contributed by atoms with Crippen LogP contribution in [0.15, 0.2) is 18.2 Å². The molecule has 0 aromatic heterocycles. The van der Waals surface area contributed by atoms with Gasteiger partial charge in [0.2, 0.25) is 0 Å². The van der Waals surface area contributed by atoms with Crippen LogP contribution in [0.2, 0.25) is 0 Å². The van der Waals surface area contributed by atoms with E-state index in [1.165, 1.54) is 18.2 Å². The van der Waals surface area contributed by atoms with Gasteiger partial charge in [0, 0.05) is 5.69 Å². The second kappa shape index (κ2) is 3.82. The predicted octanol–water partition coefficient (Wildman–Crippen LogP) is 1.09. The largest absolute Gasteiger partial charge is 0.507 e. The molecular formula is C7H8ClNO3. The Morgan fingerprint density at radius 1 is 1.42 bits per heavy atom. The van der Waals surface area contributed by atoms with Gasteiger partial charge in [-0.05, 0) is 18.2 Å². The van der Waals surface area contributed by atoms with Crippen molar-refractivity contribution in [2.24, 2.45) is 0 Å². The molecule has 0 aliphatic rings. The zero-order valence-corrected chi connectivity index (χ0v) is 6.84. The summed E-state index contributed by atoms with van der Waals surface area (Å²) < 4.78 is 0. The number of aromatic hydroxyl groups is 1. The topological polar surface area (TPSA) is 83.5 Å². The van der Waals surface area contributed by atoms with E-state index in [1.54, 1.807) is 0 Å². The van der Waals surface area contributed by atoms with Crippen LogP contribution >= 0.6 is 12.4 Å². The van der Waals surface area contributed by atoms with Gasteiger partial charge in [0.1, 0.15) is 11.3 Å². The maximum Gasteiger partial charge on any atom is 0.339 e. The third kappa shape index (κ3) is 2.03. The van der Waals surface area contributed by atoms with Gasteiger partial charge in [-0.15, -0.1) is 12.4 Å². The number of hydrogen-bond acceptors (Lipinski definition) is 3. The third-order valence-corrected chi connectivity index (χ3v) is 1.25. The number of anilines is 1. The fraction of sp³-hybridized carbons (Fsp3) is 0. The molecule has 1 rings (SSSR count). The van der Waals surface area contributed by atoms with Crippen molar-refractivity contribution >= 4 is 24.1 Å². The molecule has 0 aliphatic heterocycles. The standard InChI is InChI=1S/C7H7NO3.ClH/c8-4-1-2-6(9)5(3-4)7(10)11;/h1-3,9H,8H2,(H,10,11);1H. The molecule has 0 spiro atoms. The summed E-state index contributed by atoms with van der Waals surface area (Å²) in [5.41, 5.74) is 5.43. The van der Waals surface area contributed by atoms with Gasteiger partial charge < -0.3 is 15.9 Å². The van der Waals surface area contributed by atoms with E-state index in [2.05, 4.69) is 0 Å². The van der Waals surface area contributed by atoms with Crippen molar-refractivity contribution in [2.45, 2.75) is 0 Å². The number of aromatic carboxylic acids is 1. The van der Waals surface area contributed by atoms with Crippen LogP contribution in [0.3, 0.4) is 0 Å². The summed E-state index contributed by atoms with van der Waals surface area (Å²) in [7, 11) is 0. The smallest absolute Gasteiger partial charge is 0.339 e. The highest BCUT2D eigenvalue weighted by Gasteiger charge is 2.08. The molecule has 0 amide bonds. The summed E-state index contributed by atoms with van der Waals surface area (Å²) in [6, 6.07) is 3.89. The number of rotatable bonds is 1. The summed E-state index contributed by atoms with van der Waals surface area (Å²) >= 11 is 0. The van der Waals surface area contributed by atoms with E-state index in [9.17, 15) is 4.79 Å². The number of nitrogens with two attached hydrogens (primary N) is 1. The maximum absolute atomic E-state index is 10.4. The number of carbonyl (C=O) groups is 1. The third-order valence-electron chi connectivity index (χ3n) is 1.25. The molecule has 4 nitrogen and oxygen atoms in total. The van der Waals surface area contributed by atoms with E-state index >= 15 is 0 Å². The van der Waals surface area contributed by atoms with Crippen molar-refractivity contribution in [2.75, 3.05) is 5.73 Å². The second-order valence-corrected chi connectivity index (χ2v) is 2.08. The fourth-order valence-corrected chi connectivity index (χ4v) is 0.725. The molecule has 0 bridgehead atoms. The Labute approximate surface area is 75.0 Å². The summed E-state index contributed by atoms with van der Waals surface area (Å²) in [5.74, 6) is -1.46. The van der Waals surface area contributed by atoms with E-state index < -0.39 is 5.97 Å². The molecule has 0 atom stereocenters. The van der Waals surface area contributed by atoms with Gasteiger partial charge in [0.05, 0.1) is 0 Å². The van der Waals surface area contributed by atoms with Crippen molar-refractivity contribution in [3.8, 4) is 5.75 Å². The average molecular weight is 190 g/mol. The number of phenols is 1. The molecule has 5 heteroatoms. The van der Waals surface area contributed by atoms with E-state index in [0.29, 0.717) is 5.69 Å². The average Bonchev–Trinajstić information content (AvgIpc) is 1.94. The summed E-state index contributed by atoms with van der Waals surface area (Å²) in [4.78, 5) is 10.4. The SMILES string of the molecule is Cl.Nc1ccc(O)c(C(=O)O)c1. The Hall–Kier alpha value is -1.42. The molecule has 1 aromatic carbocycles. The normalized spacial score (nSPS) is 8.67. The van der Waals surface area contributed by atoms with Crippen molar-refractivity contribution in [3.05, 3.63) is 23.8 Å². The minimum Gasteiger partial charge on any atom is -0.507 e. The van der Waals surface area contributed by atoms with E-state index in [1.807, 2.05) is 0 Å². The van der Waals surface area contributed by atoms with Crippen molar-refractivity contribution in [3.63, 3.8) is 0 Å². The van der Waals surface area contributed by atoms with Gasteiger partial charge >= 0.3 is 5.97 Å². The van der Waals surface area contributed by atoms with E-state index in [0.717, 1.165) is 0 Å². The van der Waals surface area contributed by atoms with Crippen LogP contribution < -0.4 is 5.73 Å². The maximum atomic E-state index is 10.4. The van der Waals surface area contributed by atoms with Gasteiger partial charge in [0.25, 0.3) is 0 Å². The monoisotopic (exact) mass is 189 g/mol. The van der Waals surface area contributed by atoms with Crippen LogP contribution in [0.25, 0.3) is 0 Å². The lowest BCUT2D eigenvalue weighted by Gasteiger charge is -1.98. The van der Waals surface area contributed by atoms with Gasteiger partial charge in [-0.1, -0.05) is 0 Å². The van der Waals surface area contributed by atoms with Gasteiger partial charge in [-0.25, -0.2) is 4.79 Å².